The van der Waals surface area contributed by atoms with E-state index in [1.54, 1.807) is 0 Å². The minimum Gasteiger partial charge on any atom is -0.102 e. The molecule has 1 heteroatoms. The molecule has 2 rings (SSSR count). The van der Waals surface area contributed by atoms with Crippen molar-refractivity contribution in [2.75, 3.05) is 0 Å². The molecule has 0 amide bonds. The van der Waals surface area contributed by atoms with Gasteiger partial charge in [0.15, 0.2) is 0 Å². The van der Waals surface area contributed by atoms with Crippen molar-refractivity contribution in [3.8, 4) is 0 Å². The Morgan fingerprint density at radius 3 is 1.73 bits per heavy atom. The molecule has 22 heavy (non-hydrogen) atoms. The first kappa shape index (κ1) is 16.5. The van der Waals surface area contributed by atoms with E-state index < -0.39 is 8.07 Å². The molecule has 1 atom stereocenters. The summed E-state index contributed by atoms with van der Waals surface area (Å²) in [5, 5.41) is 1.53. The Balaban J connectivity index is 2.80. The Bertz CT molecular complexity index is 645. The van der Waals surface area contributed by atoms with Crippen molar-refractivity contribution in [2.45, 2.75) is 26.6 Å². The van der Waals surface area contributed by atoms with Gasteiger partial charge < -0.3 is 0 Å². The van der Waals surface area contributed by atoms with Crippen molar-refractivity contribution in [3.05, 3.63) is 84.4 Å². The molecule has 1 unspecified atom stereocenters. The van der Waals surface area contributed by atoms with Crippen LogP contribution in [0.3, 0.4) is 0 Å². The van der Waals surface area contributed by atoms with Gasteiger partial charge in [-0.25, -0.2) is 0 Å². The normalized spacial score (nSPS) is 14.2. The molecule has 0 aliphatic carbocycles. The molecule has 0 radical (unpaired) electrons. The van der Waals surface area contributed by atoms with Gasteiger partial charge in [0, 0.05) is 0 Å². The van der Waals surface area contributed by atoms with Crippen LogP contribution in [0, 0.1) is 5.92 Å². The van der Waals surface area contributed by atoms with Gasteiger partial charge in [0.1, 0.15) is 0 Å². The average Bonchev–Trinajstić information content (AvgIpc) is 2.52. The predicted molar refractivity (Wildman–Crippen MR) is 102 cm³/mol. The molecule has 0 N–H and O–H groups in total. The molecule has 0 nitrogen and oxygen atoms in total. The van der Waals surface area contributed by atoms with Crippen LogP contribution >= 0.6 is 0 Å². The average molecular weight is 307 g/mol. The molecular weight excluding hydrogens is 280 g/mol. The molecule has 114 valence electrons. The summed E-state index contributed by atoms with van der Waals surface area (Å²) >= 11 is 0. The minimum atomic E-state index is -1.52. The second kappa shape index (κ2) is 6.93. The first-order valence-corrected chi connectivity index (χ1v) is 11.4. The highest BCUT2D eigenvalue weighted by atomic mass is 28.3. The highest BCUT2D eigenvalue weighted by Crippen LogP contribution is 2.38. The van der Waals surface area contributed by atoms with E-state index in [0.717, 1.165) is 0 Å². The second-order valence-corrected chi connectivity index (χ2v) is 11.8. The quantitative estimate of drug-likeness (QED) is 0.345. The summed E-state index contributed by atoms with van der Waals surface area (Å²) < 4.78 is 0. The maximum Gasteiger partial charge on any atom is 0.0788 e. The molecule has 0 aliphatic heterocycles. The van der Waals surface area contributed by atoms with Gasteiger partial charge in [0.05, 0.1) is 8.07 Å². The largest absolute Gasteiger partial charge is 0.102 e. The smallest absolute Gasteiger partial charge is 0.0788 e. The molecule has 0 bridgehead atoms. The Morgan fingerprint density at radius 1 is 0.864 bits per heavy atom. The van der Waals surface area contributed by atoms with Crippen molar-refractivity contribution in [3.63, 3.8) is 0 Å². The summed E-state index contributed by atoms with van der Waals surface area (Å²) in [6.07, 6.45) is 2.06. The maximum atomic E-state index is 4.05. The zero-order valence-corrected chi connectivity index (χ0v) is 15.1. The van der Waals surface area contributed by atoms with Crippen LogP contribution in [-0.4, -0.2) is 8.07 Å². The summed E-state index contributed by atoms with van der Waals surface area (Å²) in [6.45, 7) is 13.6. The van der Waals surface area contributed by atoms with Gasteiger partial charge in [-0.2, -0.15) is 0 Å². The van der Waals surface area contributed by atoms with Crippen LogP contribution in [0.15, 0.2) is 73.3 Å². The van der Waals surface area contributed by atoms with Gasteiger partial charge in [-0.1, -0.05) is 93.3 Å². The molecule has 2 aromatic carbocycles. The van der Waals surface area contributed by atoms with Crippen LogP contribution in [0.25, 0.3) is 10.8 Å². The third kappa shape index (κ3) is 3.66. The lowest BCUT2D eigenvalue weighted by molar-refractivity contribution is 0.971. The lowest BCUT2D eigenvalue weighted by Gasteiger charge is -2.28. The van der Waals surface area contributed by atoms with Gasteiger partial charge in [0.2, 0.25) is 0 Å². The summed E-state index contributed by atoms with van der Waals surface area (Å²) in [6, 6.07) is 21.6. The molecular formula is C21H26Si. The molecule has 0 aromatic heterocycles. The van der Waals surface area contributed by atoms with Crippen LogP contribution in [-0.2, 0) is 0 Å². The maximum absolute atomic E-state index is 4.05. The third-order valence-electron chi connectivity index (χ3n) is 3.98. The van der Waals surface area contributed by atoms with E-state index in [-0.39, 0.29) is 0 Å². The Labute approximate surface area is 136 Å². The zero-order valence-electron chi connectivity index (χ0n) is 14.1. The van der Waals surface area contributed by atoms with E-state index in [0.29, 0.717) is 5.92 Å². The Hall–Kier alpha value is -1.86. The number of hydrogen-bond donors (Lipinski definition) is 0. The van der Waals surface area contributed by atoms with Crippen LogP contribution < -0.4 is 0 Å². The van der Waals surface area contributed by atoms with Crippen molar-refractivity contribution in [1.29, 1.82) is 0 Å². The molecule has 0 saturated carbocycles. The fraction of sp³-hybridized carbons (Fsp3) is 0.238. The standard InChI is InChI=1S/C21H26Si/c1-6-17(2)20(18-13-9-7-10-14-18)21(22(3,4)5)19-15-11-8-12-16-19/h6-17H,1H2,2-5H3/b21-20-. The lowest BCUT2D eigenvalue weighted by atomic mass is 9.91. The van der Waals surface area contributed by atoms with E-state index in [1.165, 1.54) is 21.9 Å². The van der Waals surface area contributed by atoms with Crippen LogP contribution in [0.1, 0.15) is 18.1 Å². The first-order valence-electron chi connectivity index (χ1n) is 7.93. The predicted octanol–water partition coefficient (Wildman–Crippen LogP) is 6.30. The number of allylic oxidation sites excluding steroid dienone is 2. The number of benzene rings is 2. The molecule has 0 heterocycles. The molecule has 0 fully saturated rings. The van der Waals surface area contributed by atoms with E-state index in [1.807, 2.05) is 0 Å². The van der Waals surface area contributed by atoms with Crippen molar-refractivity contribution in [1.82, 2.24) is 0 Å². The van der Waals surface area contributed by atoms with E-state index in [9.17, 15) is 0 Å². The molecule has 2 aromatic rings. The highest BCUT2D eigenvalue weighted by molar-refractivity contribution is 6.95. The van der Waals surface area contributed by atoms with Crippen molar-refractivity contribution in [2.24, 2.45) is 5.92 Å². The number of rotatable bonds is 5. The molecule has 0 saturated heterocycles. The van der Waals surface area contributed by atoms with Gasteiger partial charge >= 0.3 is 0 Å². The van der Waals surface area contributed by atoms with E-state index in [2.05, 4.69) is 99.9 Å². The van der Waals surface area contributed by atoms with Gasteiger partial charge in [-0.3, -0.25) is 0 Å². The Morgan fingerprint density at radius 2 is 1.32 bits per heavy atom. The van der Waals surface area contributed by atoms with Crippen molar-refractivity contribution >= 4 is 18.8 Å². The van der Waals surface area contributed by atoms with Crippen LogP contribution in [0.5, 0.6) is 0 Å². The Kier molecular flexibility index (Phi) is 5.20. The van der Waals surface area contributed by atoms with Gasteiger partial charge in [-0.05, 0) is 27.8 Å². The van der Waals surface area contributed by atoms with Crippen LogP contribution in [0.4, 0.5) is 0 Å². The summed E-state index contributed by atoms with van der Waals surface area (Å²) in [5.74, 6) is 0.337. The van der Waals surface area contributed by atoms with Gasteiger partial charge in [-0.15, -0.1) is 6.58 Å². The first-order chi connectivity index (χ1) is 10.4. The summed E-state index contributed by atoms with van der Waals surface area (Å²) in [5.41, 5.74) is 4.10. The van der Waals surface area contributed by atoms with Crippen molar-refractivity contribution < 1.29 is 0 Å². The third-order valence-corrected chi connectivity index (χ3v) is 6.03. The number of hydrogen-bond acceptors (Lipinski definition) is 0. The van der Waals surface area contributed by atoms with Gasteiger partial charge in [0.25, 0.3) is 0 Å². The fourth-order valence-electron chi connectivity index (χ4n) is 2.97. The topological polar surface area (TPSA) is 0 Å². The second-order valence-electron chi connectivity index (χ2n) is 6.80. The minimum absolute atomic E-state index is 0.337. The lowest BCUT2D eigenvalue weighted by Crippen LogP contribution is -2.25. The van der Waals surface area contributed by atoms with E-state index >= 15 is 0 Å². The summed E-state index contributed by atoms with van der Waals surface area (Å²) in [4.78, 5) is 0. The monoisotopic (exact) mass is 306 g/mol. The SMILES string of the molecule is C=CC(C)/C(=C(\c1ccccc1)[Si](C)(C)C)c1ccccc1. The van der Waals surface area contributed by atoms with Crippen LogP contribution in [0.2, 0.25) is 19.6 Å². The molecule has 0 spiro atoms. The van der Waals surface area contributed by atoms with E-state index in [4.69, 9.17) is 0 Å². The highest BCUT2D eigenvalue weighted by Gasteiger charge is 2.27. The molecule has 0 aliphatic rings. The summed E-state index contributed by atoms with van der Waals surface area (Å²) in [7, 11) is -1.52. The zero-order chi connectivity index (χ0) is 16.2. The fourth-order valence-corrected chi connectivity index (χ4v) is 5.18.